The Morgan fingerprint density at radius 2 is 2.18 bits per heavy atom. The number of nitrogens with two attached hydrogens (primary N) is 1. The van der Waals surface area contributed by atoms with Gasteiger partial charge < -0.3 is 20.9 Å². The van der Waals surface area contributed by atoms with Crippen molar-refractivity contribution in [1.29, 1.82) is 0 Å². The van der Waals surface area contributed by atoms with Crippen LogP contribution in [-0.4, -0.2) is 30.3 Å². The van der Waals surface area contributed by atoms with E-state index in [9.17, 15) is 9.59 Å². The quantitative estimate of drug-likeness (QED) is 0.629. The van der Waals surface area contributed by atoms with Gasteiger partial charge in [-0.25, -0.2) is 9.59 Å². The Hall–Kier alpha value is -2.08. The van der Waals surface area contributed by atoms with E-state index in [2.05, 4.69) is 10.1 Å². The summed E-state index contributed by atoms with van der Waals surface area (Å²) in [6, 6.07) is 6.61. The summed E-state index contributed by atoms with van der Waals surface area (Å²) < 4.78 is 4.52. The van der Waals surface area contributed by atoms with Gasteiger partial charge in [0.15, 0.2) is 0 Å². The van der Waals surface area contributed by atoms with E-state index < -0.39 is 12.1 Å². The van der Waals surface area contributed by atoms with Gasteiger partial charge in [-0.2, -0.15) is 0 Å². The molecule has 0 aliphatic rings. The van der Waals surface area contributed by atoms with Crippen molar-refractivity contribution in [2.24, 2.45) is 5.73 Å². The highest BCUT2D eigenvalue weighted by atomic mass is 16.5. The molecular weight excluding hydrogens is 224 g/mol. The summed E-state index contributed by atoms with van der Waals surface area (Å²) in [5.74, 6) is -0.955. The highest BCUT2D eigenvalue weighted by Crippen LogP contribution is 2.04. The van der Waals surface area contributed by atoms with Gasteiger partial charge in [0, 0.05) is 13.1 Å². The van der Waals surface area contributed by atoms with Crippen LogP contribution in [0.25, 0.3) is 0 Å². The number of amides is 1. The predicted molar refractivity (Wildman–Crippen MR) is 60.6 cm³/mol. The second-order valence-corrected chi connectivity index (χ2v) is 3.35. The Morgan fingerprint density at radius 3 is 2.82 bits per heavy atom. The first-order valence-electron chi connectivity index (χ1n) is 5.05. The molecule has 6 nitrogen and oxygen atoms in total. The lowest BCUT2D eigenvalue weighted by Crippen LogP contribution is -2.23. The number of primary amides is 1. The maximum absolute atomic E-state index is 10.7. The topological polar surface area (TPSA) is 102 Å². The monoisotopic (exact) mass is 238 g/mol. The molecule has 0 bridgehead atoms. The second-order valence-electron chi connectivity index (χ2n) is 3.35. The van der Waals surface area contributed by atoms with Gasteiger partial charge in [0.05, 0.1) is 5.56 Å². The number of carboxylic acid groups (broad SMARTS) is 1. The number of carboxylic acids is 1. The number of aromatic carboxylic acids is 1. The Balaban J connectivity index is 2.34. The predicted octanol–water partition coefficient (Wildman–Crippen LogP) is 0.570. The highest BCUT2D eigenvalue weighted by molar-refractivity contribution is 5.87. The molecule has 0 aliphatic heterocycles. The van der Waals surface area contributed by atoms with E-state index >= 15 is 0 Å². The zero-order chi connectivity index (χ0) is 12.7. The highest BCUT2D eigenvalue weighted by Gasteiger charge is 2.02. The summed E-state index contributed by atoms with van der Waals surface area (Å²) in [7, 11) is 0. The maximum Gasteiger partial charge on any atom is 0.404 e. The molecule has 1 amide bonds. The number of carbonyl (C=O) groups is 2. The van der Waals surface area contributed by atoms with Crippen LogP contribution in [0, 0.1) is 0 Å². The molecule has 0 aromatic heterocycles. The van der Waals surface area contributed by atoms with Crippen molar-refractivity contribution in [1.82, 2.24) is 5.32 Å². The molecule has 0 spiro atoms. The minimum atomic E-state index is -0.955. The lowest BCUT2D eigenvalue weighted by molar-refractivity contribution is 0.0696. The molecule has 0 atom stereocenters. The SMILES string of the molecule is NC(=O)OCCNCc1cccc(C(=O)O)c1. The fourth-order valence-corrected chi connectivity index (χ4v) is 1.27. The van der Waals surface area contributed by atoms with E-state index in [0.29, 0.717) is 13.1 Å². The zero-order valence-corrected chi connectivity index (χ0v) is 9.18. The van der Waals surface area contributed by atoms with Crippen molar-refractivity contribution < 1.29 is 19.4 Å². The first-order chi connectivity index (χ1) is 8.09. The van der Waals surface area contributed by atoms with Gasteiger partial charge in [0.25, 0.3) is 0 Å². The van der Waals surface area contributed by atoms with Gasteiger partial charge in [-0.15, -0.1) is 0 Å². The minimum Gasteiger partial charge on any atom is -0.478 e. The lowest BCUT2D eigenvalue weighted by Gasteiger charge is -2.05. The van der Waals surface area contributed by atoms with Gasteiger partial charge in [0.1, 0.15) is 6.61 Å². The Morgan fingerprint density at radius 1 is 1.41 bits per heavy atom. The molecule has 17 heavy (non-hydrogen) atoms. The lowest BCUT2D eigenvalue weighted by atomic mass is 10.1. The summed E-state index contributed by atoms with van der Waals surface area (Å²) >= 11 is 0. The largest absolute Gasteiger partial charge is 0.478 e. The fraction of sp³-hybridized carbons (Fsp3) is 0.273. The third kappa shape index (κ3) is 4.98. The van der Waals surface area contributed by atoms with Crippen LogP contribution in [0.2, 0.25) is 0 Å². The normalized spacial score (nSPS) is 9.88. The Labute approximate surface area is 98.4 Å². The molecular formula is C11H14N2O4. The van der Waals surface area contributed by atoms with Crippen molar-refractivity contribution in [2.75, 3.05) is 13.2 Å². The molecule has 1 rings (SSSR count). The molecule has 6 heteroatoms. The van der Waals surface area contributed by atoms with Gasteiger partial charge in [-0.3, -0.25) is 0 Å². The van der Waals surface area contributed by atoms with Crippen LogP contribution >= 0.6 is 0 Å². The third-order valence-corrected chi connectivity index (χ3v) is 2.03. The second kappa shape index (κ2) is 6.49. The standard InChI is InChI=1S/C11H14N2O4/c12-11(16)17-5-4-13-7-8-2-1-3-9(6-8)10(14)15/h1-3,6,13H,4-5,7H2,(H2,12,16)(H,14,15). The van der Waals surface area contributed by atoms with Crippen molar-refractivity contribution in [2.45, 2.75) is 6.54 Å². The average molecular weight is 238 g/mol. The summed E-state index contributed by atoms with van der Waals surface area (Å²) in [4.78, 5) is 21.0. The number of carbonyl (C=O) groups excluding carboxylic acids is 1. The van der Waals surface area contributed by atoms with E-state index in [1.807, 2.05) is 6.07 Å². The van der Waals surface area contributed by atoms with Gasteiger partial charge in [-0.1, -0.05) is 12.1 Å². The van der Waals surface area contributed by atoms with Crippen LogP contribution < -0.4 is 11.1 Å². The number of hydrogen-bond donors (Lipinski definition) is 3. The van der Waals surface area contributed by atoms with Crippen LogP contribution in [0.15, 0.2) is 24.3 Å². The van der Waals surface area contributed by atoms with Crippen molar-refractivity contribution in [3.8, 4) is 0 Å². The van der Waals surface area contributed by atoms with Crippen LogP contribution in [0.5, 0.6) is 0 Å². The maximum atomic E-state index is 10.7. The number of rotatable bonds is 6. The molecule has 4 N–H and O–H groups in total. The molecule has 1 aromatic rings. The molecule has 0 saturated carbocycles. The molecule has 0 heterocycles. The molecule has 92 valence electrons. The van der Waals surface area contributed by atoms with Crippen molar-refractivity contribution in [3.05, 3.63) is 35.4 Å². The summed E-state index contributed by atoms with van der Waals surface area (Å²) in [6.07, 6.45) is -0.806. The van der Waals surface area contributed by atoms with Crippen LogP contribution in [0.4, 0.5) is 4.79 Å². The minimum absolute atomic E-state index is 0.188. The number of ether oxygens (including phenoxy) is 1. The van der Waals surface area contributed by atoms with Gasteiger partial charge in [0.2, 0.25) is 0 Å². The first-order valence-corrected chi connectivity index (χ1v) is 5.05. The summed E-state index contributed by atoms with van der Waals surface area (Å²) in [5.41, 5.74) is 5.88. The van der Waals surface area contributed by atoms with Crippen LogP contribution in [0.3, 0.4) is 0 Å². The van der Waals surface area contributed by atoms with Crippen LogP contribution in [0.1, 0.15) is 15.9 Å². The van der Waals surface area contributed by atoms with Gasteiger partial charge in [-0.05, 0) is 17.7 Å². The van der Waals surface area contributed by atoms with E-state index in [4.69, 9.17) is 10.8 Å². The first kappa shape index (κ1) is 13.0. The van der Waals surface area contributed by atoms with Crippen molar-refractivity contribution in [3.63, 3.8) is 0 Å². The Bertz CT molecular complexity index is 406. The molecule has 0 saturated heterocycles. The molecule has 0 fully saturated rings. The number of benzene rings is 1. The number of nitrogens with one attached hydrogen (secondary N) is 1. The number of hydrogen-bond acceptors (Lipinski definition) is 4. The summed E-state index contributed by atoms with van der Waals surface area (Å²) in [5, 5.41) is 11.8. The van der Waals surface area contributed by atoms with E-state index in [0.717, 1.165) is 5.56 Å². The Kier molecular flexibility index (Phi) is 4.96. The van der Waals surface area contributed by atoms with E-state index in [-0.39, 0.29) is 12.2 Å². The van der Waals surface area contributed by atoms with E-state index in [1.165, 1.54) is 6.07 Å². The summed E-state index contributed by atoms with van der Waals surface area (Å²) in [6.45, 7) is 1.15. The smallest absolute Gasteiger partial charge is 0.404 e. The molecule has 1 aromatic carbocycles. The molecule has 0 unspecified atom stereocenters. The zero-order valence-electron chi connectivity index (χ0n) is 9.18. The third-order valence-electron chi connectivity index (χ3n) is 2.03. The van der Waals surface area contributed by atoms with Crippen LogP contribution in [-0.2, 0) is 11.3 Å². The van der Waals surface area contributed by atoms with Gasteiger partial charge >= 0.3 is 12.1 Å². The molecule has 0 aliphatic carbocycles. The van der Waals surface area contributed by atoms with Crippen molar-refractivity contribution >= 4 is 12.1 Å². The van der Waals surface area contributed by atoms with E-state index in [1.54, 1.807) is 12.1 Å². The average Bonchev–Trinajstić information content (AvgIpc) is 2.28. The molecule has 0 radical (unpaired) electrons. The fourth-order valence-electron chi connectivity index (χ4n) is 1.27.